The number of benzene rings is 3. The average molecular weight is 1080 g/mol. The maximum Gasteiger partial charge on any atom is 0.174 e. The topological polar surface area (TPSA) is 195 Å². The molecule has 408 valence electrons. The molecule has 10 N–H and O–H groups in total. The first-order valence-electron chi connectivity index (χ1n) is 29.8. The predicted molar refractivity (Wildman–Crippen MR) is 271 cm³/mol. The normalized spacial score (nSPS) is 42.1. The number of carbonyl (C=O) groups excluding carboxylic acids is 1. The van der Waals surface area contributed by atoms with Crippen molar-refractivity contribution in [3.63, 3.8) is 0 Å². The van der Waals surface area contributed by atoms with Gasteiger partial charge < -0.3 is 76.9 Å². The van der Waals surface area contributed by atoms with Crippen LogP contribution in [0.1, 0.15) is 140 Å². The lowest BCUT2D eigenvalue weighted by Gasteiger charge is -2.61. The Balaban J connectivity index is 0.000000147. The Morgan fingerprint density at radius 2 is 0.922 bits per heavy atom. The standard InChI is InChI=1S/C40H43N3O6.C20H23NO4.CH3F.ClH/c44-25-7-5-21-13-27-39(46)15-23-24-16-40(47)28-14-22-6-8-26(45)34-30(22)38(40,10-12-43(28)18-20-3-4-20)36(49-34)32(24)41-31(23)35-37(39,29(21)33(25)48-35)9-11-42(27)17-19-1-2-19;22-13-4-3-12-9-15-20(24)6-5-14(23)18-19(20,16(12)17(13)25-18)7-8-21(15)10-11-1-2-11;1-2;/h5-8,19-20,27-28,35-36,41,44-47H,1-4,9-18H2;3-4,11,15,18,22,24H,1-2,5-10H2;1H3;1H/p+2/t27-,28-,35+,36+,37+,38+,39-,40-;15-,18+,19+,20-;;/m11../s1/i;;1D;. The van der Waals surface area contributed by atoms with Gasteiger partial charge in [-0.25, -0.2) is 0 Å². The molecule has 4 aromatic rings. The van der Waals surface area contributed by atoms with Gasteiger partial charge in [-0.05, 0) is 91.0 Å². The van der Waals surface area contributed by atoms with Gasteiger partial charge in [0.1, 0.15) is 34.9 Å². The third-order valence-electron chi connectivity index (χ3n) is 23.9. The second kappa shape index (κ2) is 15.6. The van der Waals surface area contributed by atoms with E-state index in [0.717, 1.165) is 140 Å². The molecule has 6 bridgehead atoms. The lowest BCUT2D eigenvalue weighted by molar-refractivity contribution is -0.944. The second-order valence-electron chi connectivity index (χ2n) is 26.9. The van der Waals surface area contributed by atoms with Crippen LogP contribution in [0.25, 0.3) is 0 Å². The third-order valence-corrected chi connectivity index (χ3v) is 23.9. The Hall–Kier alpha value is -4.61. The van der Waals surface area contributed by atoms with Crippen LogP contribution in [0.15, 0.2) is 36.4 Å². The number of ketones is 1. The van der Waals surface area contributed by atoms with E-state index in [0.29, 0.717) is 42.9 Å². The summed E-state index contributed by atoms with van der Waals surface area (Å²) in [6, 6.07) is 11.6. The highest BCUT2D eigenvalue weighted by Crippen LogP contribution is 2.72. The van der Waals surface area contributed by atoms with Crippen molar-refractivity contribution in [1.82, 2.24) is 4.98 Å². The number of phenols is 3. The number of aromatic amines is 1. The summed E-state index contributed by atoms with van der Waals surface area (Å²) in [5.41, 5.74) is 5.77. The molecule has 6 aliphatic heterocycles. The smallest absolute Gasteiger partial charge is 0.174 e. The molecule has 0 amide bonds. The second-order valence-corrected chi connectivity index (χ2v) is 26.9. The number of aromatic hydroxyl groups is 3. The van der Waals surface area contributed by atoms with Crippen LogP contribution in [0.5, 0.6) is 34.5 Å². The fraction of sp³-hybridized carbons (Fsp3) is 0.623. The van der Waals surface area contributed by atoms with Gasteiger partial charge >= 0.3 is 0 Å². The zero-order valence-corrected chi connectivity index (χ0v) is 44.3. The van der Waals surface area contributed by atoms with E-state index in [4.69, 9.17) is 15.6 Å². The number of halogens is 2. The molecule has 0 radical (unpaired) electrons. The van der Waals surface area contributed by atoms with E-state index in [9.17, 15) is 39.8 Å². The molecule has 3 spiro atoms. The molecule has 7 fully saturated rings. The van der Waals surface area contributed by atoms with Crippen LogP contribution in [0, 0.1) is 17.8 Å². The van der Waals surface area contributed by atoms with E-state index in [1.54, 1.807) is 18.2 Å². The Kier molecular flexibility index (Phi) is 9.59. The lowest BCUT2D eigenvalue weighted by atomic mass is 9.47. The Morgan fingerprint density at radius 3 is 1.30 bits per heavy atom. The highest BCUT2D eigenvalue weighted by Gasteiger charge is 2.79. The molecule has 4 saturated carbocycles. The molecule has 15 aliphatic rings. The van der Waals surface area contributed by atoms with Crippen molar-refractivity contribution >= 4 is 5.78 Å². The highest BCUT2D eigenvalue weighted by molar-refractivity contribution is 5.90. The van der Waals surface area contributed by atoms with Crippen molar-refractivity contribution in [2.24, 2.45) is 17.8 Å². The molecule has 14 nitrogen and oxygen atoms in total. The Bertz CT molecular complexity index is 3140. The number of carbonyl (C=O) groups is 1. The van der Waals surface area contributed by atoms with Gasteiger partial charge in [-0.15, -0.1) is 0 Å². The molecule has 1 aromatic heterocycles. The van der Waals surface area contributed by atoms with Crippen LogP contribution in [0.2, 0.25) is 0 Å². The number of likely N-dealkylation sites (tertiary alicyclic amines) is 3. The van der Waals surface area contributed by atoms with E-state index in [2.05, 4.69) is 17.1 Å². The van der Waals surface area contributed by atoms with Crippen LogP contribution in [0.4, 0.5) is 4.39 Å². The van der Waals surface area contributed by atoms with Crippen LogP contribution in [-0.2, 0) is 53.1 Å². The average Bonchev–Trinajstić information content (AvgIpc) is 2.11. The fourth-order valence-electron chi connectivity index (χ4n) is 20.3. The van der Waals surface area contributed by atoms with Crippen molar-refractivity contribution in [2.75, 3.05) is 46.4 Å². The molecule has 16 heteroatoms. The minimum absolute atomic E-state index is 0. The van der Waals surface area contributed by atoms with Gasteiger partial charge in [0.05, 0.1) is 75.4 Å². The number of quaternary nitrogens is 3. The van der Waals surface area contributed by atoms with E-state index < -0.39 is 58.5 Å². The summed E-state index contributed by atoms with van der Waals surface area (Å²) in [5.74, 6) is 4.34. The first kappa shape index (κ1) is 47.2. The number of nitrogens with one attached hydrogen (secondary N) is 4. The van der Waals surface area contributed by atoms with Crippen LogP contribution in [0.3, 0.4) is 0 Å². The number of phenolic OH excluding ortho intramolecular Hbond substituents is 3. The minimum atomic E-state index is -1.05. The summed E-state index contributed by atoms with van der Waals surface area (Å²) in [7, 11) is -1.00. The number of alkyl halides is 1. The molecule has 3 saturated heterocycles. The van der Waals surface area contributed by atoms with E-state index in [1.807, 2.05) is 6.07 Å². The molecule has 3 unspecified atom stereocenters. The number of H-pyrrole nitrogens is 1. The Labute approximate surface area is 454 Å². The van der Waals surface area contributed by atoms with Crippen molar-refractivity contribution in [2.45, 2.75) is 172 Å². The van der Waals surface area contributed by atoms with E-state index >= 15 is 0 Å². The van der Waals surface area contributed by atoms with Gasteiger partial charge in [0.2, 0.25) is 0 Å². The number of rotatable bonds is 6. The summed E-state index contributed by atoms with van der Waals surface area (Å²) in [6.07, 6.45) is 12.9. The predicted octanol–water partition coefficient (Wildman–Crippen LogP) is -1.31. The lowest BCUT2D eigenvalue weighted by Crippen LogP contribution is -3.21. The molecule has 19 rings (SSSR count). The summed E-state index contributed by atoms with van der Waals surface area (Å²) in [5, 5.41) is 71.8. The molecule has 77 heavy (non-hydrogen) atoms. The summed E-state index contributed by atoms with van der Waals surface area (Å²) >= 11 is 0. The number of fused-ring (bicyclic) bond motifs is 5. The van der Waals surface area contributed by atoms with Gasteiger partial charge in [0, 0.05) is 92.2 Å². The molecule has 3 aromatic carbocycles. The van der Waals surface area contributed by atoms with Crippen molar-refractivity contribution in [3.8, 4) is 34.5 Å². The van der Waals surface area contributed by atoms with Crippen LogP contribution < -0.4 is 41.3 Å². The minimum Gasteiger partial charge on any atom is -1.00 e. The van der Waals surface area contributed by atoms with Gasteiger partial charge in [-0.2, -0.15) is 0 Å². The monoisotopic (exact) mass is 1080 g/mol. The zero-order chi connectivity index (χ0) is 52.1. The zero-order valence-electron chi connectivity index (χ0n) is 44.5. The van der Waals surface area contributed by atoms with Gasteiger partial charge in [0.25, 0.3) is 0 Å². The third kappa shape index (κ3) is 5.66. The summed E-state index contributed by atoms with van der Waals surface area (Å²) in [4.78, 5) is 21.2. The van der Waals surface area contributed by atoms with Gasteiger partial charge in [0.15, 0.2) is 58.6 Å². The van der Waals surface area contributed by atoms with E-state index in [1.165, 1.54) is 64.4 Å². The SMILES string of the molecule is O=C1CC[C@@]2(O)[C@H]3Cc4ccc(O)c5c4[C@@]2(CC[NH+]3CC2CC2)[C@H]1O5.Oc1ccc2c3c1O[C@H]1c4[nH]c5c(c4C[C@@]4(O)[C@@H](C2)[NH+](CC2CC2)CC[C@]314)C[C@@]1(O)[C@H]2Cc3ccc(O)c4c3[C@@]1(CC[NH+]2CC1CC1)[C@H]5O4.[2H]CF.[Cl-]. The first-order valence-corrected chi connectivity index (χ1v) is 29.1. The Morgan fingerprint density at radius 1 is 0.571 bits per heavy atom. The number of ether oxygens (including phenoxy) is 3. The fourth-order valence-corrected chi connectivity index (χ4v) is 20.3. The van der Waals surface area contributed by atoms with Gasteiger partial charge in [-0.1, -0.05) is 18.2 Å². The molecular weight excluding hydrogens is 1000 g/mol. The quantitative estimate of drug-likeness (QED) is 0.111. The molecular formula is C61H72ClFN4O10+2. The summed E-state index contributed by atoms with van der Waals surface area (Å²) in [6.45, 7) is 6.31. The number of hydrogen-bond acceptors (Lipinski definition) is 10. The molecule has 7 heterocycles. The summed E-state index contributed by atoms with van der Waals surface area (Å²) < 4.78 is 35.4. The maximum atomic E-state index is 13.5. The van der Waals surface area contributed by atoms with Crippen LogP contribution >= 0.6 is 0 Å². The molecule has 9 aliphatic carbocycles. The highest BCUT2D eigenvalue weighted by atomic mass is 35.5. The van der Waals surface area contributed by atoms with Crippen molar-refractivity contribution < 1.29 is 82.5 Å². The number of hydrogen-bond donors (Lipinski definition) is 10. The van der Waals surface area contributed by atoms with Gasteiger partial charge in [-0.3, -0.25) is 9.18 Å². The number of aromatic nitrogens is 1. The number of Topliss-reactive ketones (excluding diaryl/α,β-unsaturated/α-hetero) is 1. The van der Waals surface area contributed by atoms with Crippen molar-refractivity contribution in [1.29, 1.82) is 0 Å². The molecule has 15 atom stereocenters. The van der Waals surface area contributed by atoms with Crippen LogP contribution in [-0.4, -0.2) is 129 Å². The number of piperidine rings is 3. The maximum absolute atomic E-state index is 13.5. The van der Waals surface area contributed by atoms with Crippen molar-refractivity contribution in [3.05, 3.63) is 92.3 Å². The number of aliphatic hydroxyl groups is 3. The first-order chi connectivity index (χ1) is 37.2. The van der Waals surface area contributed by atoms with E-state index in [-0.39, 0.29) is 53.6 Å². The largest absolute Gasteiger partial charge is 1.00 e.